The molecular weight excluding hydrogens is 228 g/mol. The van der Waals surface area contributed by atoms with Crippen LogP contribution in [0.3, 0.4) is 0 Å². The highest BCUT2D eigenvalue weighted by Crippen LogP contribution is 2.21. The lowest BCUT2D eigenvalue weighted by Crippen LogP contribution is -1.98. The number of pyridine rings is 1. The van der Waals surface area contributed by atoms with E-state index in [0.717, 1.165) is 22.4 Å². The highest BCUT2D eigenvalue weighted by Gasteiger charge is 2.10. The van der Waals surface area contributed by atoms with Crippen LogP contribution in [-0.2, 0) is 0 Å². The zero-order valence-electron chi connectivity index (χ0n) is 9.30. The van der Waals surface area contributed by atoms with Crippen molar-refractivity contribution >= 4 is 11.0 Å². The molecule has 0 bridgehead atoms. The molecule has 0 radical (unpaired) electrons. The monoisotopic (exact) mass is 236 g/mol. The van der Waals surface area contributed by atoms with Gasteiger partial charge in [0.05, 0.1) is 29.1 Å². The van der Waals surface area contributed by atoms with E-state index in [1.807, 2.05) is 30.5 Å². The van der Waals surface area contributed by atoms with Gasteiger partial charge in [0.25, 0.3) is 0 Å². The van der Waals surface area contributed by atoms with Crippen LogP contribution < -0.4 is 0 Å². The maximum absolute atomic E-state index is 4.43. The van der Waals surface area contributed by atoms with Gasteiger partial charge in [0.1, 0.15) is 5.69 Å². The Morgan fingerprint density at radius 1 is 1.06 bits per heavy atom. The van der Waals surface area contributed by atoms with E-state index in [1.54, 1.807) is 27.6 Å². The molecule has 6 nitrogen and oxygen atoms in total. The van der Waals surface area contributed by atoms with Crippen molar-refractivity contribution in [1.82, 2.24) is 29.4 Å². The van der Waals surface area contributed by atoms with Crippen LogP contribution in [0.15, 0.2) is 49.1 Å². The van der Waals surface area contributed by atoms with Crippen LogP contribution >= 0.6 is 0 Å². The summed E-state index contributed by atoms with van der Waals surface area (Å²) in [6.45, 7) is 0. The molecule has 4 rings (SSSR count). The first-order chi connectivity index (χ1) is 8.93. The predicted octanol–water partition coefficient (Wildman–Crippen LogP) is 1.44. The van der Waals surface area contributed by atoms with E-state index in [1.165, 1.54) is 0 Å². The summed E-state index contributed by atoms with van der Waals surface area (Å²) in [5.41, 5.74) is 3.62. The summed E-state index contributed by atoms with van der Waals surface area (Å²) in [7, 11) is 0. The summed E-state index contributed by atoms with van der Waals surface area (Å²) >= 11 is 0. The third-order valence-electron chi connectivity index (χ3n) is 2.89. The normalized spacial score (nSPS) is 11.3. The quantitative estimate of drug-likeness (QED) is 0.501. The molecule has 0 saturated heterocycles. The largest absolute Gasteiger partial charge is 0.251 e. The van der Waals surface area contributed by atoms with E-state index >= 15 is 0 Å². The first-order valence-corrected chi connectivity index (χ1v) is 5.52. The second-order valence-corrected chi connectivity index (χ2v) is 3.92. The number of fused-ring (bicyclic) bond motifs is 2. The SMILES string of the molecule is c1cc(-c2nccn3nccc23)n2nncc2c1. The fraction of sp³-hybridized carbons (Fsp3) is 0. The van der Waals surface area contributed by atoms with Gasteiger partial charge in [-0.2, -0.15) is 5.10 Å². The average Bonchev–Trinajstić information content (AvgIpc) is 3.06. The summed E-state index contributed by atoms with van der Waals surface area (Å²) in [4.78, 5) is 4.43. The van der Waals surface area contributed by atoms with Crippen LogP contribution in [0.25, 0.3) is 22.4 Å². The smallest absolute Gasteiger partial charge is 0.115 e. The molecule has 0 unspecified atom stereocenters. The zero-order valence-corrected chi connectivity index (χ0v) is 9.30. The van der Waals surface area contributed by atoms with Gasteiger partial charge in [-0.1, -0.05) is 11.3 Å². The van der Waals surface area contributed by atoms with Crippen LogP contribution in [0.2, 0.25) is 0 Å². The second-order valence-electron chi connectivity index (χ2n) is 3.92. The lowest BCUT2D eigenvalue weighted by molar-refractivity contribution is 0.857. The molecule has 4 heterocycles. The number of rotatable bonds is 1. The van der Waals surface area contributed by atoms with Crippen molar-refractivity contribution in [2.75, 3.05) is 0 Å². The number of aromatic nitrogens is 6. The minimum absolute atomic E-state index is 0.839. The van der Waals surface area contributed by atoms with Crippen LogP contribution in [0.1, 0.15) is 0 Å². The third kappa shape index (κ3) is 1.17. The first-order valence-electron chi connectivity index (χ1n) is 5.52. The van der Waals surface area contributed by atoms with Gasteiger partial charge in [-0.05, 0) is 18.2 Å². The molecule has 0 aliphatic heterocycles. The van der Waals surface area contributed by atoms with E-state index in [0.29, 0.717) is 0 Å². The van der Waals surface area contributed by atoms with Crippen LogP contribution in [0, 0.1) is 0 Å². The molecule has 0 aromatic carbocycles. The molecule has 0 aliphatic rings. The van der Waals surface area contributed by atoms with E-state index in [2.05, 4.69) is 20.4 Å². The van der Waals surface area contributed by atoms with Gasteiger partial charge in [-0.25, -0.2) is 9.03 Å². The lowest BCUT2D eigenvalue weighted by Gasteiger charge is -2.04. The lowest BCUT2D eigenvalue weighted by atomic mass is 10.2. The van der Waals surface area contributed by atoms with Crippen LogP contribution in [0.5, 0.6) is 0 Å². The Labute approximate surface area is 102 Å². The second kappa shape index (κ2) is 3.36. The molecule has 0 N–H and O–H groups in total. The molecule has 0 fully saturated rings. The fourth-order valence-electron chi connectivity index (χ4n) is 2.09. The van der Waals surface area contributed by atoms with Crippen molar-refractivity contribution in [1.29, 1.82) is 0 Å². The highest BCUT2D eigenvalue weighted by molar-refractivity contribution is 5.75. The Morgan fingerprint density at radius 2 is 2.06 bits per heavy atom. The van der Waals surface area contributed by atoms with E-state index < -0.39 is 0 Å². The standard InChI is InChI=1S/C12H8N6/c1-2-9-8-14-16-18(9)11(3-1)12-10-4-5-15-17(10)7-6-13-12/h1-8H. The van der Waals surface area contributed by atoms with E-state index in [4.69, 9.17) is 0 Å². The summed E-state index contributed by atoms with van der Waals surface area (Å²) in [5, 5.41) is 12.2. The molecule has 4 aromatic heterocycles. The maximum atomic E-state index is 4.43. The molecule has 18 heavy (non-hydrogen) atoms. The van der Waals surface area contributed by atoms with Gasteiger partial charge in [0, 0.05) is 12.4 Å². The van der Waals surface area contributed by atoms with Crippen molar-refractivity contribution in [3.05, 3.63) is 49.1 Å². The zero-order chi connectivity index (χ0) is 11.9. The Bertz CT molecular complexity index is 772. The van der Waals surface area contributed by atoms with Crippen molar-refractivity contribution in [3.63, 3.8) is 0 Å². The number of nitrogens with zero attached hydrogens (tertiary/aromatic N) is 6. The third-order valence-corrected chi connectivity index (χ3v) is 2.89. The van der Waals surface area contributed by atoms with Crippen molar-refractivity contribution < 1.29 is 0 Å². The summed E-state index contributed by atoms with van der Waals surface area (Å²) in [6, 6.07) is 7.82. The highest BCUT2D eigenvalue weighted by atomic mass is 15.4. The predicted molar refractivity (Wildman–Crippen MR) is 65.0 cm³/mol. The van der Waals surface area contributed by atoms with E-state index in [-0.39, 0.29) is 0 Å². The van der Waals surface area contributed by atoms with E-state index in [9.17, 15) is 0 Å². The van der Waals surface area contributed by atoms with Gasteiger partial charge >= 0.3 is 0 Å². The molecule has 4 aromatic rings. The van der Waals surface area contributed by atoms with Crippen molar-refractivity contribution in [2.24, 2.45) is 0 Å². The summed E-state index contributed by atoms with van der Waals surface area (Å²) < 4.78 is 3.56. The summed E-state index contributed by atoms with van der Waals surface area (Å²) in [6.07, 6.45) is 7.02. The number of hydrogen-bond acceptors (Lipinski definition) is 4. The van der Waals surface area contributed by atoms with Gasteiger partial charge in [0.15, 0.2) is 0 Å². The van der Waals surface area contributed by atoms with Crippen molar-refractivity contribution in [3.8, 4) is 11.4 Å². The van der Waals surface area contributed by atoms with Gasteiger partial charge in [-0.15, -0.1) is 5.10 Å². The molecule has 0 amide bonds. The van der Waals surface area contributed by atoms with Gasteiger partial charge in [0.2, 0.25) is 0 Å². The minimum Gasteiger partial charge on any atom is -0.251 e. The van der Waals surface area contributed by atoms with Crippen molar-refractivity contribution in [2.45, 2.75) is 0 Å². The molecule has 6 heteroatoms. The minimum atomic E-state index is 0.839. The number of hydrogen-bond donors (Lipinski definition) is 0. The molecule has 0 spiro atoms. The molecular formula is C12H8N6. The van der Waals surface area contributed by atoms with Gasteiger partial charge < -0.3 is 0 Å². The maximum Gasteiger partial charge on any atom is 0.115 e. The van der Waals surface area contributed by atoms with Crippen LogP contribution in [-0.4, -0.2) is 29.4 Å². The molecule has 0 atom stereocenters. The Morgan fingerprint density at radius 3 is 3.06 bits per heavy atom. The molecule has 0 aliphatic carbocycles. The Kier molecular flexibility index (Phi) is 1.74. The summed E-state index contributed by atoms with van der Waals surface area (Å²) in [5.74, 6) is 0. The first kappa shape index (κ1) is 9.29. The van der Waals surface area contributed by atoms with Gasteiger partial charge in [-0.3, -0.25) is 4.98 Å². The topological polar surface area (TPSA) is 60.4 Å². The average molecular weight is 236 g/mol. The molecule has 0 saturated carbocycles. The Balaban J connectivity index is 2.13. The Hall–Kier alpha value is -2.76. The molecule has 86 valence electrons. The van der Waals surface area contributed by atoms with Crippen LogP contribution in [0.4, 0.5) is 0 Å². The fourth-order valence-corrected chi connectivity index (χ4v) is 2.09.